The zero-order valence-corrected chi connectivity index (χ0v) is 16.2. The summed E-state index contributed by atoms with van der Waals surface area (Å²) in [5.74, 6) is 6.13. The van der Waals surface area contributed by atoms with Gasteiger partial charge in [0, 0.05) is 22.4 Å². The Labute approximate surface area is 175 Å². The molecule has 4 rings (SSSR count). The predicted molar refractivity (Wildman–Crippen MR) is 111 cm³/mol. The van der Waals surface area contributed by atoms with Crippen LogP contribution in [0.2, 0.25) is 0 Å². The molecule has 0 aliphatic heterocycles. The van der Waals surface area contributed by atoms with Gasteiger partial charge in [0.2, 0.25) is 0 Å². The van der Waals surface area contributed by atoms with Gasteiger partial charge in [-0.05, 0) is 53.4 Å². The monoisotopic (exact) mass is 420 g/mol. The summed E-state index contributed by atoms with van der Waals surface area (Å²) in [6.07, 6.45) is -4.84. The lowest BCUT2D eigenvalue weighted by atomic mass is 10.0. The van der Waals surface area contributed by atoms with Crippen LogP contribution in [-0.4, -0.2) is 6.18 Å². The summed E-state index contributed by atoms with van der Waals surface area (Å²) in [4.78, 5) is 0. The minimum atomic E-state index is -4.84. The fraction of sp³-hybridized carbons (Fsp3) is 0.0769. The summed E-state index contributed by atoms with van der Waals surface area (Å²) >= 11 is 0. The van der Waals surface area contributed by atoms with Gasteiger partial charge in [0.1, 0.15) is 11.6 Å². The average molecular weight is 420 g/mol. The van der Waals surface area contributed by atoms with Crippen LogP contribution in [0.5, 0.6) is 0 Å². The maximum Gasteiger partial charge on any atom is 0.458 e. The lowest BCUT2D eigenvalue weighted by Crippen LogP contribution is -2.02. The number of aryl methyl sites for hydroxylation is 1. The van der Waals surface area contributed by atoms with Crippen molar-refractivity contribution < 1.29 is 22.0 Å². The van der Waals surface area contributed by atoms with Crippen molar-refractivity contribution in [1.82, 2.24) is 0 Å². The number of benzene rings is 4. The Morgan fingerprint density at radius 2 is 1.29 bits per heavy atom. The standard InChI is InChI=1S/C26H13F5/c1-16-2-7-20-13-17(5-8-19(20)12-16)3-4-18-6-9-22-21(14-18)15-24(27)23(25(22)28)10-11-26(29,30)31/h2,5-9,12-15H,1H3. The molecule has 0 fully saturated rings. The first kappa shape index (κ1) is 20.4. The molecular weight excluding hydrogens is 407 g/mol. The average Bonchev–Trinajstić information content (AvgIpc) is 2.71. The van der Waals surface area contributed by atoms with Gasteiger partial charge in [0.15, 0.2) is 0 Å². The van der Waals surface area contributed by atoms with Crippen molar-refractivity contribution in [2.24, 2.45) is 0 Å². The third-order valence-corrected chi connectivity index (χ3v) is 4.70. The summed E-state index contributed by atoms with van der Waals surface area (Å²) in [6, 6.07) is 17.2. The van der Waals surface area contributed by atoms with Crippen LogP contribution in [0.25, 0.3) is 21.5 Å². The van der Waals surface area contributed by atoms with Gasteiger partial charge in [0.25, 0.3) is 0 Å². The minimum Gasteiger partial charge on any atom is -0.205 e. The molecule has 0 atom stereocenters. The molecule has 0 aromatic heterocycles. The molecule has 5 heteroatoms. The van der Waals surface area contributed by atoms with E-state index in [4.69, 9.17) is 0 Å². The van der Waals surface area contributed by atoms with Crippen LogP contribution >= 0.6 is 0 Å². The molecule has 0 nitrogen and oxygen atoms in total. The van der Waals surface area contributed by atoms with Crippen LogP contribution < -0.4 is 0 Å². The molecule has 0 unspecified atom stereocenters. The summed E-state index contributed by atoms with van der Waals surface area (Å²) in [5.41, 5.74) is 1.56. The molecule has 0 spiro atoms. The third-order valence-electron chi connectivity index (χ3n) is 4.70. The first-order valence-electron chi connectivity index (χ1n) is 9.24. The van der Waals surface area contributed by atoms with E-state index in [1.54, 1.807) is 0 Å². The van der Waals surface area contributed by atoms with Gasteiger partial charge in [-0.1, -0.05) is 53.7 Å². The zero-order chi connectivity index (χ0) is 22.2. The van der Waals surface area contributed by atoms with E-state index in [0.29, 0.717) is 5.56 Å². The fourth-order valence-corrected chi connectivity index (χ4v) is 3.24. The Kier molecular flexibility index (Phi) is 5.13. The Morgan fingerprint density at radius 1 is 0.677 bits per heavy atom. The molecule has 4 aromatic carbocycles. The molecule has 0 bridgehead atoms. The second-order valence-electron chi connectivity index (χ2n) is 7.05. The smallest absolute Gasteiger partial charge is 0.205 e. The van der Waals surface area contributed by atoms with Crippen LogP contribution in [0.4, 0.5) is 22.0 Å². The van der Waals surface area contributed by atoms with Crippen LogP contribution in [0, 0.1) is 42.2 Å². The van der Waals surface area contributed by atoms with Gasteiger partial charge in [0.05, 0.1) is 5.56 Å². The molecule has 31 heavy (non-hydrogen) atoms. The Balaban J connectivity index is 1.71. The highest BCUT2D eigenvalue weighted by atomic mass is 19.4. The van der Waals surface area contributed by atoms with E-state index in [0.717, 1.165) is 33.9 Å². The maximum atomic E-state index is 14.5. The third kappa shape index (κ3) is 4.52. The van der Waals surface area contributed by atoms with Crippen LogP contribution in [0.15, 0.2) is 60.7 Å². The van der Waals surface area contributed by atoms with E-state index in [2.05, 4.69) is 17.9 Å². The summed E-state index contributed by atoms with van der Waals surface area (Å²) < 4.78 is 65.5. The van der Waals surface area contributed by atoms with Gasteiger partial charge >= 0.3 is 6.18 Å². The molecular formula is C26H13F5. The van der Waals surface area contributed by atoms with Crippen molar-refractivity contribution in [3.63, 3.8) is 0 Å². The van der Waals surface area contributed by atoms with Gasteiger partial charge in [-0.15, -0.1) is 0 Å². The maximum absolute atomic E-state index is 14.5. The normalized spacial score (nSPS) is 11.0. The number of alkyl halides is 3. The highest BCUT2D eigenvalue weighted by molar-refractivity contribution is 5.87. The molecule has 0 saturated carbocycles. The first-order valence-corrected chi connectivity index (χ1v) is 9.24. The lowest BCUT2D eigenvalue weighted by molar-refractivity contribution is -0.0696. The quantitative estimate of drug-likeness (QED) is 0.215. The van der Waals surface area contributed by atoms with Crippen molar-refractivity contribution in [2.75, 3.05) is 0 Å². The largest absolute Gasteiger partial charge is 0.458 e. The fourth-order valence-electron chi connectivity index (χ4n) is 3.24. The van der Waals surface area contributed by atoms with E-state index in [-0.39, 0.29) is 10.8 Å². The van der Waals surface area contributed by atoms with Crippen molar-refractivity contribution in [1.29, 1.82) is 0 Å². The van der Waals surface area contributed by atoms with Gasteiger partial charge < -0.3 is 0 Å². The van der Waals surface area contributed by atoms with Crippen LogP contribution in [0.1, 0.15) is 22.3 Å². The highest BCUT2D eigenvalue weighted by Crippen LogP contribution is 2.25. The molecule has 0 heterocycles. The Bertz CT molecular complexity index is 1450. The molecule has 152 valence electrons. The number of halogens is 5. The van der Waals surface area contributed by atoms with Gasteiger partial charge in [-0.25, -0.2) is 8.78 Å². The topological polar surface area (TPSA) is 0 Å². The van der Waals surface area contributed by atoms with E-state index < -0.39 is 23.4 Å². The summed E-state index contributed by atoms with van der Waals surface area (Å²) in [6.45, 7) is 2.02. The molecule has 0 aliphatic carbocycles. The molecule has 0 N–H and O–H groups in total. The number of rotatable bonds is 0. The number of hydrogen-bond donors (Lipinski definition) is 0. The second-order valence-corrected chi connectivity index (χ2v) is 7.05. The van der Waals surface area contributed by atoms with Crippen molar-refractivity contribution in [3.8, 4) is 23.7 Å². The van der Waals surface area contributed by atoms with Crippen LogP contribution in [-0.2, 0) is 0 Å². The van der Waals surface area contributed by atoms with Gasteiger partial charge in [-0.2, -0.15) is 13.2 Å². The molecule has 0 aliphatic rings. The molecule has 4 aromatic rings. The van der Waals surface area contributed by atoms with Crippen molar-refractivity contribution >= 4 is 21.5 Å². The van der Waals surface area contributed by atoms with Crippen molar-refractivity contribution in [2.45, 2.75) is 13.1 Å². The molecule has 0 saturated heterocycles. The SMILES string of the molecule is Cc1ccc2cc(C#Cc3ccc4c(F)c(C#CC(F)(F)F)c(F)cc4c3)ccc2c1. The summed E-state index contributed by atoms with van der Waals surface area (Å²) in [7, 11) is 0. The van der Waals surface area contributed by atoms with E-state index in [9.17, 15) is 22.0 Å². The highest BCUT2D eigenvalue weighted by Gasteiger charge is 2.23. The predicted octanol–water partition coefficient (Wildman–Crippen LogP) is 6.89. The second kappa shape index (κ2) is 7.78. The molecule has 0 amide bonds. The van der Waals surface area contributed by atoms with Crippen LogP contribution in [0.3, 0.4) is 0 Å². The first-order chi connectivity index (χ1) is 14.7. The van der Waals surface area contributed by atoms with E-state index in [1.807, 2.05) is 37.3 Å². The molecule has 0 radical (unpaired) electrons. The summed E-state index contributed by atoms with van der Waals surface area (Å²) in [5, 5.41) is 2.31. The van der Waals surface area contributed by atoms with E-state index >= 15 is 0 Å². The lowest BCUT2D eigenvalue weighted by Gasteiger charge is -2.05. The van der Waals surface area contributed by atoms with Gasteiger partial charge in [-0.3, -0.25) is 0 Å². The van der Waals surface area contributed by atoms with E-state index in [1.165, 1.54) is 24.1 Å². The minimum absolute atomic E-state index is 0.0282. The van der Waals surface area contributed by atoms with Crippen molar-refractivity contribution in [3.05, 3.63) is 94.6 Å². The number of hydrogen-bond acceptors (Lipinski definition) is 0. The Hall–Kier alpha value is -3.83. The Morgan fingerprint density at radius 3 is 2.00 bits per heavy atom. The zero-order valence-electron chi connectivity index (χ0n) is 16.2. The number of fused-ring (bicyclic) bond motifs is 2.